The number of hydrogen-bond acceptors (Lipinski definition) is 6. The number of hydrogen-bond donors (Lipinski definition) is 4. The van der Waals surface area contributed by atoms with Crippen molar-refractivity contribution in [1.29, 1.82) is 0 Å². The van der Waals surface area contributed by atoms with Gasteiger partial charge in [0.15, 0.2) is 0 Å². The Morgan fingerprint density at radius 2 is 1.55 bits per heavy atom. The number of carbonyl (C=O) groups is 4. The maximum atomic E-state index is 13.4. The second-order valence-corrected chi connectivity index (χ2v) is 11.1. The third-order valence-corrected chi connectivity index (χ3v) is 7.52. The van der Waals surface area contributed by atoms with Gasteiger partial charge in [-0.05, 0) is 72.3 Å². The predicted octanol–water partition coefficient (Wildman–Crippen LogP) is 6.24. The Bertz CT molecular complexity index is 1710. The van der Waals surface area contributed by atoms with Gasteiger partial charge in [-0.25, -0.2) is 4.79 Å². The zero-order valence-electron chi connectivity index (χ0n) is 23.8. The van der Waals surface area contributed by atoms with E-state index in [0.29, 0.717) is 21.8 Å². The lowest BCUT2D eigenvalue weighted by Crippen LogP contribution is -2.30. The predicted molar refractivity (Wildman–Crippen MR) is 175 cm³/mol. The minimum atomic E-state index is -1.20. The maximum Gasteiger partial charge on any atom is 0.337 e. The molecule has 4 aromatic carbocycles. The topological polar surface area (TPSA) is 128 Å². The molecule has 0 heterocycles. The first kappa shape index (κ1) is 31.9. The molecule has 4 aromatic rings. The molecule has 4 N–H and O–H groups in total. The highest BCUT2D eigenvalue weighted by Gasteiger charge is 2.16. The lowest BCUT2D eigenvalue weighted by Gasteiger charge is -2.14. The molecule has 224 valence electrons. The lowest BCUT2D eigenvalue weighted by atomic mass is 10.1. The number of nitrogens with zero attached hydrogens (tertiary/aromatic N) is 1. The number of thioether (sulfide) groups is 1. The number of rotatable bonds is 11. The van der Waals surface area contributed by atoms with Gasteiger partial charge in [-0.3, -0.25) is 14.4 Å². The number of benzene rings is 4. The molecule has 0 fully saturated rings. The summed E-state index contributed by atoms with van der Waals surface area (Å²) in [4.78, 5) is 52.8. The molecule has 9 nitrogen and oxygen atoms in total. The molecule has 11 heteroatoms. The van der Waals surface area contributed by atoms with Crippen LogP contribution < -0.4 is 20.9 Å². The van der Waals surface area contributed by atoms with Gasteiger partial charge in [0.25, 0.3) is 11.8 Å². The van der Waals surface area contributed by atoms with E-state index < -0.39 is 17.8 Å². The van der Waals surface area contributed by atoms with E-state index in [2.05, 4.69) is 16.0 Å². The Morgan fingerprint density at radius 1 is 0.841 bits per heavy atom. The van der Waals surface area contributed by atoms with Gasteiger partial charge < -0.3 is 26.0 Å². The first-order valence-electron chi connectivity index (χ1n) is 13.3. The van der Waals surface area contributed by atoms with E-state index in [9.17, 15) is 24.3 Å². The summed E-state index contributed by atoms with van der Waals surface area (Å²) < 4.78 is 0. The first-order valence-corrected chi connectivity index (χ1v) is 14.7. The van der Waals surface area contributed by atoms with Crippen molar-refractivity contribution in [1.82, 2.24) is 5.32 Å². The van der Waals surface area contributed by atoms with E-state index in [1.165, 1.54) is 30.0 Å². The number of carboxylic acid groups (broad SMARTS) is 1. The molecule has 0 radical (unpaired) electrons. The van der Waals surface area contributed by atoms with E-state index in [1.807, 2.05) is 43.3 Å². The average Bonchev–Trinajstić information content (AvgIpc) is 3.01. The van der Waals surface area contributed by atoms with Gasteiger partial charge in [-0.1, -0.05) is 48.0 Å². The Labute approximate surface area is 263 Å². The highest BCUT2D eigenvalue weighted by atomic mass is 35.5. The summed E-state index contributed by atoms with van der Waals surface area (Å²) in [6, 6.07) is 27.3. The van der Waals surface area contributed by atoms with Crippen LogP contribution in [0.15, 0.2) is 108 Å². The van der Waals surface area contributed by atoms with Gasteiger partial charge >= 0.3 is 5.97 Å². The van der Waals surface area contributed by atoms with Crippen molar-refractivity contribution in [3.05, 3.63) is 124 Å². The van der Waals surface area contributed by atoms with E-state index in [1.54, 1.807) is 60.7 Å². The second kappa shape index (κ2) is 14.9. The zero-order valence-corrected chi connectivity index (χ0v) is 25.4. The summed E-state index contributed by atoms with van der Waals surface area (Å²) in [5.74, 6) is -2.47. The van der Waals surface area contributed by atoms with Crippen LogP contribution >= 0.6 is 23.4 Å². The number of nitrogens with one attached hydrogen (secondary N) is 3. The Morgan fingerprint density at radius 3 is 2.23 bits per heavy atom. The maximum absolute atomic E-state index is 13.4. The lowest BCUT2D eigenvalue weighted by molar-refractivity contribution is -0.114. The molecule has 0 unspecified atom stereocenters. The Hall–Kier alpha value is -5.06. The van der Waals surface area contributed by atoms with Crippen LogP contribution in [0.25, 0.3) is 6.08 Å². The van der Waals surface area contributed by atoms with Crippen molar-refractivity contribution in [3.8, 4) is 0 Å². The van der Waals surface area contributed by atoms with Crippen LogP contribution in [0.5, 0.6) is 0 Å². The summed E-state index contributed by atoms with van der Waals surface area (Å²) in [7, 11) is 3.86. The van der Waals surface area contributed by atoms with Crippen molar-refractivity contribution in [2.75, 3.05) is 35.4 Å². The Balaban J connectivity index is 1.45. The molecule has 0 bridgehead atoms. The molecule has 0 aliphatic rings. The fourth-order valence-corrected chi connectivity index (χ4v) is 4.91. The van der Waals surface area contributed by atoms with Crippen LogP contribution in [-0.2, 0) is 9.59 Å². The van der Waals surface area contributed by atoms with E-state index in [0.717, 1.165) is 11.3 Å². The van der Waals surface area contributed by atoms with Crippen LogP contribution in [0, 0.1) is 0 Å². The molecule has 44 heavy (non-hydrogen) atoms. The summed E-state index contributed by atoms with van der Waals surface area (Å²) in [5.41, 5.74) is 2.84. The zero-order chi connectivity index (χ0) is 31.6. The van der Waals surface area contributed by atoms with Gasteiger partial charge in [0, 0.05) is 41.6 Å². The number of carboxylic acids is 1. The SMILES string of the molecule is CN(C)c1ccc(/C=C(/NC(=O)c2ccccc2)C(=O)Nc2cccc(SCC(=O)Nc3ccc(Cl)c(C(=O)O)c3)c2)cc1. The monoisotopic (exact) mass is 628 g/mol. The molecular weight excluding hydrogens is 600 g/mol. The van der Waals surface area contributed by atoms with Crippen molar-refractivity contribution in [3.63, 3.8) is 0 Å². The molecule has 0 saturated heterocycles. The minimum absolute atomic E-state index is 0.0314. The summed E-state index contributed by atoms with van der Waals surface area (Å²) >= 11 is 7.13. The van der Waals surface area contributed by atoms with Crippen LogP contribution in [0.3, 0.4) is 0 Å². The fraction of sp³-hybridized carbons (Fsp3) is 0.0909. The highest BCUT2D eigenvalue weighted by Crippen LogP contribution is 2.24. The van der Waals surface area contributed by atoms with Crippen LogP contribution in [0.4, 0.5) is 17.1 Å². The summed E-state index contributed by atoms with van der Waals surface area (Å²) in [5, 5.41) is 17.5. The third-order valence-electron chi connectivity index (χ3n) is 6.19. The van der Waals surface area contributed by atoms with E-state index in [-0.39, 0.29) is 27.9 Å². The molecule has 0 aliphatic carbocycles. The van der Waals surface area contributed by atoms with Gasteiger partial charge in [-0.2, -0.15) is 0 Å². The quantitative estimate of drug-likeness (QED) is 0.114. The molecular formula is C33H29ClN4O5S. The van der Waals surface area contributed by atoms with Crippen LogP contribution in [0.1, 0.15) is 26.3 Å². The van der Waals surface area contributed by atoms with Gasteiger partial charge in [0.1, 0.15) is 5.70 Å². The normalized spacial score (nSPS) is 10.9. The molecule has 0 aromatic heterocycles. The summed E-state index contributed by atoms with van der Waals surface area (Å²) in [6.45, 7) is 0. The molecule has 0 atom stereocenters. The fourth-order valence-electron chi connectivity index (χ4n) is 3.95. The number of amides is 3. The number of carbonyl (C=O) groups excluding carboxylic acids is 3. The van der Waals surface area contributed by atoms with Crippen molar-refractivity contribution in [2.24, 2.45) is 0 Å². The Kier molecular flexibility index (Phi) is 10.8. The van der Waals surface area contributed by atoms with Gasteiger partial charge in [-0.15, -0.1) is 11.8 Å². The van der Waals surface area contributed by atoms with Gasteiger partial charge in [0.05, 0.1) is 16.3 Å². The van der Waals surface area contributed by atoms with E-state index >= 15 is 0 Å². The second-order valence-electron chi connectivity index (χ2n) is 9.68. The van der Waals surface area contributed by atoms with Crippen LogP contribution in [-0.4, -0.2) is 48.6 Å². The molecule has 0 saturated carbocycles. The standard InChI is InChI=1S/C33H29ClN4O5S/c1-38(2)25-14-11-21(12-15-25)17-29(37-31(40)22-7-4-3-5-8-22)32(41)36-23-9-6-10-26(18-23)44-20-30(39)35-24-13-16-28(34)27(19-24)33(42)43/h3-19H,20H2,1-2H3,(H,35,39)(H,36,41)(H,37,40)(H,42,43)/b29-17+. The van der Waals surface area contributed by atoms with Crippen LogP contribution in [0.2, 0.25) is 5.02 Å². The smallest absolute Gasteiger partial charge is 0.337 e. The first-order chi connectivity index (χ1) is 21.1. The van der Waals surface area contributed by atoms with E-state index in [4.69, 9.17) is 11.6 Å². The molecule has 3 amide bonds. The summed E-state index contributed by atoms with van der Waals surface area (Å²) in [6.07, 6.45) is 1.60. The minimum Gasteiger partial charge on any atom is -0.478 e. The van der Waals surface area contributed by atoms with Crippen molar-refractivity contribution in [2.45, 2.75) is 4.90 Å². The van der Waals surface area contributed by atoms with Crippen molar-refractivity contribution >= 4 is 70.2 Å². The third kappa shape index (κ3) is 8.97. The number of aromatic carboxylic acids is 1. The molecule has 0 spiro atoms. The number of anilines is 3. The molecule has 0 aliphatic heterocycles. The molecule has 4 rings (SSSR count). The van der Waals surface area contributed by atoms with Gasteiger partial charge in [0.2, 0.25) is 5.91 Å². The van der Waals surface area contributed by atoms with Crippen molar-refractivity contribution < 1.29 is 24.3 Å². The highest BCUT2D eigenvalue weighted by molar-refractivity contribution is 8.00. The number of halogens is 1. The average molecular weight is 629 g/mol. The largest absolute Gasteiger partial charge is 0.478 e.